The van der Waals surface area contributed by atoms with Crippen LogP contribution in [0.5, 0.6) is 0 Å². The summed E-state index contributed by atoms with van der Waals surface area (Å²) in [6.07, 6.45) is 0. The van der Waals surface area contributed by atoms with E-state index < -0.39 is 5.41 Å². The minimum atomic E-state index is -0.641. The van der Waals surface area contributed by atoms with E-state index in [0.29, 0.717) is 33.1 Å². The minimum absolute atomic E-state index is 0.345. The van der Waals surface area contributed by atoms with Crippen molar-refractivity contribution in [3.05, 3.63) is 235 Å². The maximum atomic E-state index is 7.55. The highest BCUT2D eigenvalue weighted by Gasteiger charge is 2.47. The first-order chi connectivity index (χ1) is 31.5. The quantitative estimate of drug-likeness (QED) is 0.120. The Morgan fingerprint density at radius 1 is 0.312 bits per heavy atom. The van der Waals surface area contributed by atoms with Gasteiger partial charge in [-0.15, -0.1) is 0 Å². The molecule has 11 aromatic rings. The predicted molar refractivity (Wildman–Crippen MR) is 275 cm³/mol. The molecule has 0 saturated carbocycles. The molecule has 0 spiro atoms. The molecule has 1 aliphatic rings. The van der Waals surface area contributed by atoms with Crippen molar-refractivity contribution < 1.29 is 0 Å². The number of hydrogen-bond donors (Lipinski definition) is 0. The zero-order valence-corrected chi connectivity index (χ0v) is 35.0. The van der Waals surface area contributed by atoms with Gasteiger partial charge in [-0.1, -0.05) is 216 Å². The van der Waals surface area contributed by atoms with Crippen molar-refractivity contribution in [3.8, 4) is 22.3 Å². The van der Waals surface area contributed by atoms with Gasteiger partial charge in [-0.3, -0.25) is 0 Å². The van der Waals surface area contributed by atoms with Crippen LogP contribution in [0, 0.1) is 0 Å². The Bertz CT molecular complexity index is 3610. The largest absolute Gasteiger partial charge is 0.310 e. The maximum absolute atomic E-state index is 7.55. The third-order valence-electron chi connectivity index (χ3n) is 13.6. The molecule has 0 unspecified atom stereocenters. The number of nitrogens with zero attached hydrogens (tertiary/aromatic N) is 1. The Kier molecular flexibility index (Phi) is 8.85. The minimum Gasteiger partial charge on any atom is -0.310 e. The lowest BCUT2D eigenvalue weighted by Gasteiger charge is -2.36. The Morgan fingerprint density at radius 3 is 1.41 bits per heavy atom. The molecule has 8 radical (unpaired) electrons. The van der Waals surface area contributed by atoms with Crippen LogP contribution >= 0.6 is 0 Å². The Hall–Kier alpha value is -7.48. The SMILES string of the molecule is [B]c1c([B])c(N(c2cccc3c2-c2ccccc2C3(c2ccccc2)c2ccccc2)c2cc3ccccc3c3ccccc23)c([B])c([B])c1-c1cc2ccccc2c2ccccc12. The van der Waals surface area contributed by atoms with Crippen molar-refractivity contribution in [1.82, 2.24) is 0 Å². The Balaban J connectivity index is 1.22. The standard InChI is InChI=1S/C59H35B4N/c60-54-53(47-34-36-18-7-9-24-40(36)42-26-11-12-28-44(42)47)55(61)57(63)58(56(54)62)64(51-35-37-19-8-10-25-41(37)43-27-13-14-29-45(43)51)50-33-17-32-49-52(50)46-30-15-16-31-48(46)59(49,38-20-3-1-4-21-38)39-22-5-2-6-23-39/h1-35H. The summed E-state index contributed by atoms with van der Waals surface area (Å²) in [5, 5.41) is 8.69. The molecule has 0 fully saturated rings. The van der Waals surface area contributed by atoms with Gasteiger partial charge in [-0.05, 0) is 94.8 Å². The number of benzene rings is 11. The lowest BCUT2D eigenvalue weighted by molar-refractivity contribution is 0.768. The molecule has 0 heterocycles. The predicted octanol–water partition coefficient (Wildman–Crippen LogP) is 11.0. The number of rotatable bonds is 6. The van der Waals surface area contributed by atoms with Crippen LogP contribution in [-0.2, 0) is 5.41 Å². The van der Waals surface area contributed by atoms with Crippen LogP contribution in [0.1, 0.15) is 22.3 Å². The monoisotopic (exact) mass is 801 g/mol. The van der Waals surface area contributed by atoms with Crippen LogP contribution < -0.4 is 26.8 Å². The summed E-state index contributed by atoms with van der Waals surface area (Å²) in [5.74, 6) is 0. The van der Waals surface area contributed by atoms with E-state index in [-0.39, 0.29) is 0 Å². The molecule has 11 aromatic carbocycles. The van der Waals surface area contributed by atoms with Crippen LogP contribution in [0.15, 0.2) is 212 Å². The molecule has 12 rings (SSSR count). The first kappa shape index (κ1) is 38.2. The summed E-state index contributed by atoms with van der Waals surface area (Å²) in [7, 11) is 29.9. The topological polar surface area (TPSA) is 3.24 Å². The molecular formula is C59H35B4N. The van der Waals surface area contributed by atoms with Crippen molar-refractivity contribution in [1.29, 1.82) is 0 Å². The van der Waals surface area contributed by atoms with Crippen LogP contribution in [0.4, 0.5) is 17.1 Å². The highest BCUT2D eigenvalue weighted by atomic mass is 15.2. The van der Waals surface area contributed by atoms with E-state index in [1.54, 1.807) is 0 Å². The summed E-state index contributed by atoms with van der Waals surface area (Å²) < 4.78 is 0. The van der Waals surface area contributed by atoms with E-state index in [4.69, 9.17) is 31.4 Å². The van der Waals surface area contributed by atoms with Crippen molar-refractivity contribution >= 4 is 113 Å². The van der Waals surface area contributed by atoms with Crippen LogP contribution in [0.25, 0.3) is 65.3 Å². The molecule has 5 heteroatoms. The lowest BCUT2D eigenvalue weighted by atomic mass is 9.64. The van der Waals surface area contributed by atoms with Gasteiger partial charge in [0.2, 0.25) is 0 Å². The summed E-state index contributed by atoms with van der Waals surface area (Å²) in [5.41, 5.74) is 11.5. The van der Waals surface area contributed by atoms with Crippen molar-refractivity contribution in [3.63, 3.8) is 0 Å². The van der Waals surface area contributed by atoms with Crippen molar-refractivity contribution in [2.24, 2.45) is 0 Å². The number of hydrogen-bond acceptors (Lipinski definition) is 1. The van der Waals surface area contributed by atoms with Crippen LogP contribution in [-0.4, -0.2) is 31.4 Å². The molecule has 0 saturated heterocycles. The van der Waals surface area contributed by atoms with Crippen LogP contribution in [0.3, 0.4) is 0 Å². The van der Waals surface area contributed by atoms with E-state index in [1.165, 1.54) is 16.7 Å². The average molecular weight is 801 g/mol. The van der Waals surface area contributed by atoms with E-state index in [1.807, 2.05) is 12.1 Å². The van der Waals surface area contributed by atoms with Gasteiger partial charge in [-0.2, -0.15) is 0 Å². The van der Waals surface area contributed by atoms with Gasteiger partial charge < -0.3 is 4.90 Å². The van der Waals surface area contributed by atoms with Crippen molar-refractivity contribution in [2.45, 2.75) is 5.41 Å². The third-order valence-corrected chi connectivity index (χ3v) is 13.6. The molecule has 0 atom stereocenters. The maximum Gasteiger partial charge on any atom is 0.115 e. The molecule has 0 bridgehead atoms. The average Bonchev–Trinajstić information content (AvgIpc) is 3.66. The fourth-order valence-electron chi connectivity index (χ4n) is 10.9. The van der Waals surface area contributed by atoms with E-state index >= 15 is 0 Å². The van der Waals surface area contributed by atoms with Gasteiger partial charge in [-0.25, -0.2) is 0 Å². The highest BCUT2D eigenvalue weighted by molar-refractivity contribution is 6.63. The molecular weight excluding hydrogens is 766 g/mol. The van der Waals surface area contributed by atoms with Crippen LogP contribution in [0.2, 0.25) is 0 Å². The molecule has 0 aliphatic heterocycles. The van der Waals surface area contributed by atoms with E-state index in [2.05, 4.69) is 205 Å². The first-order valence-corrected chi connectivity index (χ1v) is 21.7. The second-order valence-electron chi connectivity index (χ2n) is 16.8. The second-order valence-corrected chi connectivity index (χ2v) is 16.8. The fraction of sp³-hybridized carbons (Fsp3) is 0.0169. The van der Waals surface area contributed by atoms with Gasteiger partial charge in [0.05, 0.1) is 16.8 Å². The summed E-state index contributed by atoms with van der Waals surface area (Å²) in [6, 6.07) is 75.2. The normalized spacial score (nSPS) is 12.8. The van der Waals surface area contributed by atoms with Gasteiger partial charge in [0.15, 0.2) is 0 Å². The Labute approximate surface area is 378 Å². The zero-order valence-electron chi connectivity index (χ0n) is 35.0. The highest BCUT2D eigenvalue weighted by Crippen LogP contribution is 2.59. The van der Waals surface area contributed by atoms with E-state index in [9.17, 15) is 0 Å². The molecule has 64 heavy (non-hydrogen) atoms. The molecule has 1 aliphatic carbocycles. The lowest BCUT2D eigenvalue weighted by Crippen LogP contribution is -2.46. The molecule has 0 N–H and O–H groups in total. The van der Waals surface area contributed by atoms with Gasteiger partial charge in [0.1, 0.15) is 31.4 Å². The second kappa shape index (κ2) is 14.8. The smallest absolute Gasteiger partial charge is 0.115 e. The number of anilines is 3. The third kappa shape index (κ3) is 5.43. The van der Waals surface area contributed by atoms with Gasteiger partial charge in [0, 0.05) is 16.6 Å². The zero-order chi connectivity index (χ0) is 43.1. The first-order valence-electron chi connectivity index (χ1n) is 21.7. The molecule has 0 amide bonds. The summed E-state index contributed by atoms with van der Waals surface area (Å²) >= 11 is 0. The summed E-state index contributed by atoms with van der Waals surface area (Å²) in [6.45, 7) is 0. The Morgan fingerprint density at radius 2 is 0.781 bits per heavy atom. The number of fused-ring (bicyclic) bond motifs is 9. The molecule has 1 nitrogen and oxygen atoms in total. The van der Waals surface area contributed by atoms with Gasteiger partial charge >= 0.3 is 0 Å². The fourth-order valence-corrected chi connectivity index (χ4v) is 10.9. The van der Waals surface area contributed by atoms with Crippen molar-refractivity contribution in [2.75, 3.05) is 4.90 Å². The molecule has 0 aromatic heterocycles. The van der Waals surface area contributed by atoms with Gasteiger partial charge in [0.25, 0.3) is 0 Å². The molecule has 288 valence electrons. The summed E-state index contributed by atoms with van der Waals surface area (Å²) in [4.78, 5) is 2.23. The van der Waals surface area contributed by atoms with E-state index in [0.717, 1.165) is 76.7 Å².